The summed E-state index contributed by atoms with van der Waals surface area (Å²) in [5, 5.41) is 0. The second kappa shape index (κ2) is 7.66. The third kappa shape index (κ3) is 3.58. The average molecular weight is 383 g/mol. The Morgan fingerprint density at radius 2 is 1.61 bits per heavy atom. The summed E-state index contributed by atoms with van der Waals surface area (Å²) in [4.78, 5) is 43.0. The maximum Gasteiger partial charge on any atom is 0.237 e. The fraction of sp³-hybridized carbons (Fsp3) is 0.591. The van der Waals surface area contributed by atoms with Crippen LogP contribution in [0.15, 0.2) is 24.3 Å². The van der Waals surface area contributed by atoms with Crippen molar-refractivity contribution in [1.29, 1.82) is 0 Å². The Morgan fingerprint density at radius 3 is 2.21 bits per heavy atom. The van der Waals surface area contributed by atoms with Crippen molar-refractivity contribution < 1.29 is 14.4 Å². The number of anilines is 1. The molecule has 28 heavy (non-hydrogen) atoms. The van der Waals surface area contributed by atoms with Crippen molar-refractivity contribution in [2.45, 2.75) is 45.4 Å². The van der Waals surface area contributed by atoms with Gasteiger partial charge < -0.3 is 4.90 Å². The Morgan fingerprint density at radius 1 is 0.964 bits per heavy atom. The number of ketones is 1. The van der Waals surface area contributed by atoms with Crippen LogP contribution in [0.4, 0.5) is 5.69 Å². The molecular weight excluding hydrogens is 354 g/mol. The number of amides is 2. The highest BCUT2D eigenvalue weighted by Gasteiger charge is 2.51. The van der Waals surface area contributed by atoms with E-state index in [1.165, 1.54) is 11.3 Å². The van der Waals surface area contributed by atoms with Gasteiger partial charge in [-0.1, -0.05) is 19.3 Å². The molecule has 0 bridgehead atoms. The molecule has 1 spiro atoms. The smallest absolute Gasteiger partial charge is 0.237 e. The summed E-state index contributed by atoms with van der Waals surface area (Å²) in [5.74, 6) is 0.153. The Labute approximate surface area is 166 Å². The van der Waals surface area contributed by atoms with Gasteiger partial charge in [-0.25, -0.2) is 0 Å². The van der Waals surface area contributed by atoms with Crippen molar-refractivity contribution in [3.63, 3.8) is 0 Å². The van der Waals surface area contributed by atoms with Crippen molar-refractivity contribution in [3.8, 4) is 0 Å². The second-order valence-corrected chi connectivity index (χ2v) is 8.49. The van der Waals surface area contributed by atoms with Crippen molar-refractivity contribution in [2.24, 2.45) is 5.41 Å². The third-order valence-electron chi connectivity index (χ3n) is 6.65. The maximum absolute atomic E-state index is 13.0. The van der Waals surface area contributed by atoms with E-state index in [0.29, 0.717) is 13.1 Å². The van der Waals surface area contributed by atoms with Crippen molar-refractivity contribution >= 4 is 23.3 Å². The van der Waals surface area contributed by atoms with Gasteiger partial charge in [0.25, 0.3) is 0 Å². The Hall–Kier alpha value is -2.21. The molecule has 1 aliphatic carbocycles. The molecule has 0 radical (unpaired) electrons. The highest BCUT2D eigenvalue weighted by atomic mass is 16.2. The molecule has 0 N–H and O–H groups in total. The Balaban J connectivity index is 1.33. The van der Waals surface area contributed by atoms with Crippen LogP contribution in [-0.4, -0.2) is 60.2 Å². The zero-order valence-electron chi connectivity index (χ0n) is 16.7. The summed E-state index contributed by atoms with van der Waals surface area (Å²) in [6.45, 7) is 5.33. The average Bonchev–Trinajstić information content (AvgIpc) is 2.93. The van der Waals surface area contributed by atoms with Gasteiger partial charge in [0.1, 0.15) is 0 Å². The van der Waals surface area contributed by atoms with Crippen LogP contribution in [0.2, 0.25) is 0 Å². The first-order chi connectivity index (χ1) is 13.5. The third-order valence-corrected chi connectivity index (χ3v) is 6.65. The largest absolute Gasteiger partial charge is 0.369 e. The first-order valence-electron chi connectivity index (χ1n) is 10.4. The van der Waals surface area contributed by atoms with E-state index in [4.69, 9.17) is 0 Å². The fourth-order valence-corrected chi connectivity index (χ4v) is 4.88. The van der Waals surface area contributed by atoms with Crippen LogP contribution in [0.25, 0.3) is 0 Å². The van der Waals surface area contributed by atoms with Gasteiger partial charge in [0.05, 0.1) is 12.1 Å². The number of carbonyl (C=O) groups excluding carboxylic acids is 3. The van der Waals surface area contributed by atoms with Gasteiger partial charge >= 0.3 is 0 Å². The van der Waals surface area contributed by atoms with Crippen LogP contribution < -0.4 is 4.90 Å². The summed E-state index contributed by atoms with van der Waals surface area (Å²) in [7, 11) is 0. The number of piperazine rings is 1. The number of nitrogens with zero attached hydrogens (tertiary/aromatic N) is 3. The number of carbonyl (C=O) groups is 3. The van der Waals surface area contributed by atoms with E-state index in [9.17, 15) is 14.4 Å². The maximum atomic E-state index is 13.0. The zero-order chi connectivity index (χ0) is 19.7. The van der Waals surface area contributed by atoms with Gasteiger partial charge in [-0.2, -0.15) is 0 Å². The zero-order valence-corrected chi connectivity index (χ0v) is 16.7. The first-order valence-corrected chi connectivity index (χ1v) is 10.4. The van der Waals surface area contributed by atoms with E-state index in [-0.39, 0.29) is 17.6 Å². The normalized spacial score (nSPS) is 22.9. The lowest BCUT2D eigenvalue weighted by Gasteiger charge is -2.38. The summed E-state index contributed by atoms with van der Waals surface area (Å²) < 4.78 is 0. The van der Waals surface area contributed by atoms with E-state index in [0.717, 1.165) is 63.1 Å². The molecule has 0 unspecified atom stereocenters. The SMILES string of the molecule is CC(=O)c1ccc(N2CCN(CN3C(=O)CC4(CCCCC4)C3=O)CC2)cc1. The quantitative estimate of drug-likeness (QED) is 0.591. The molecular formula is C22H29N3O3. The molecule has 1 aromatic rings. The number of hydrogen-bond acceptors (Lipinski definition) is 5. The van der Waals surface area contributed by atoms with E-state index >= 15 is 0 Å². The van der Waals surface area contributed by atoms with E-state index in [1.807, 2.05) is 24.3 Å². The lowest BCUT2D eigenvalue weighted by Crippen LogP contribution is -2.51. The molecule has 150 valence electrons. The Bertz CT molecular complexity index is 760. The minimum atomic E-state index is -0.393. The van der Waals surface area contributed by atoms with Crippen molar-refractivity contribution in [3.05, 3.63) is 29.8 Å². The van der Waals surface area contributed by atoms with E-state index < -0.39 is 5.41 Å². The van der Waals surface area contributed by atoms with Gasteiger partial charge in [-0.05, 0) is 44.0 Å². The van der Waals surface area contributed by atoms with Crippen LogP contribution in [0.3, 0.4) is 0 Å². The minimum Gasteiger partial charge on any atom is -0.369 e. The van der Waals surface area contributed by atoms with Crippen LogP contribution in [-0.2, 0) is 9.59 Å². The molecule has 4 rings (SSSR count). The predicted octanol–water partition coefficient (Wildman–Crippen LogP) is 2.68. The molecule has 1 aromatic carbocycles. The predicted molar refractivity (Wildman–Crippen MR) is 107 cm³/mol. The van der Waals surface area contributed by atoms with Gasteiger partial charge in [0, 0.05) is 43.9 Å². The first kappa shape index (κ1) is 19.1. The summed E-state index contributed by atoms with van der Waals surface area (Å²) in [6.07, 6.45) is 5.46. The summed E-state index contributed by atoms with van der Waals surface area (Å²) in [6, 6.07) is 7.73. The highest BCUT2D eigenvalue weighted by Crippen LogP contribution is 2.45. The van der Waals surface area contributed by atoms with Gasteiger partial charge in [-0.15, -0.1) is 0 Å². The van der Waals surface area contributed by atoms with E-state index in [2.05, 4.69) is 9.80 Å². The van der Waals surface area contributed by atoms with E-state index in [1.54, 1.807) is 6.92 Å². The van der Waals surface area contributed by atoms with Gasteiger partial charge in [0.2, 0.25) is 11.8 Å². The molecule has 2 aliphatic heterocycles. The molecule has 3 fully saturated rings. The number of hydrogen-bond donors (Lipinski definition) is 0. The second-order valence-electron chi connectivity index (χ2n) is 8.49. The van der Waals surface area contributed by atoms with Gasteiger partial charge in [-0.3, -0.25) is 24.2 Å². The molecule has 6 nitrogen and oxygen atoms in total. The van der Waals surface area contributed by atoms with Crippen LogP contribution in [0.1, 0.15) is 55.8 Å². The van der Waals surface area contributed by atoms with Crippen LogP contribution >= 0.6 is 0 Å². The van der Waals surface area contributed by atoms with Crippen molar-refractivity contribution in [2.75, 3.05) is 37.7 Å². The van der Waals surface area contributed by atoms with Crippen molar-refractivity contribution in [1.82, 2.24) is 9.80 Å². The number of benzene rings is 1. The minimum absolute atomic E-state index is 0.00847. The summed E-state index contributed by atoms with van der Waals surface area (Å²) in [5.41, 5.74) is 1.44. The molecule has 2 amide bonds. The molecule has 0 atom stereocenters. The number of Topliss-reactive ketones (excluding diaryl/α,β-unsaturated/α-hetero) is 1. The standard InChI is InChI=1S/C22H29N3O3/c1-17(26)18-5-7-19(8-6-18)24-13-11-23(12-14-24)16-25-20(27)15-22(21(25)28)9-3-2-4-10-22/h5-8H,2-4,9-16H2,1H3. The van der Waals surface area contributed by atoms with Gasteiger partial charge in [0.15, 0.2) is 5.78 Å². The summed E-state index contributed by atoms with van der Waals surface area (Å²) >= 11 is 0. The van der Waals surface area contributed by atoms with Crippen LogP contribution in [0.5, 0.6) is 0 Å². The highest BCUT2D eigenvalue weighted by molar-refractivity contribution is 6.05. The monoisotopic (exact) mass is 383 g/mol. The lowest BCUT2D eigenvalue weighted by molar-refractivity contribution is -0.144. The molecule has 6 heteroatoms. The topological polar surface area (TPSA) is 60.9 Å². The molecule has 2 heterocycles. The number of imide groups is 1. The molecule has 2 saturated heterocycles. The molecule has 3 aliphatic rings. The number of likely N-dealkylation sites (tertiary alicyclic amines) is 1. The molecule has 0 aromatic heterocycles. The Kier molecular flexibility index (Phi) is 5.23. The number of rotatable bonds is 4. The van der Waals surface area contributed by atoms with Crippen LogP contribution in [0, 0.1) is 5.41 Å². The fourth-order valence-electron chi connectivity index (χ4n) is 4.88. The molecule has 1 saturated carbocycles. The lowest BCUT2D eigenvalue weighted by atomic mass is 9.73.